The third kappa shape index (κ3) is 3.52. The van der Waals surface area contributed by atoms with Crippen molar-refractivity contribution in [2.24, 2.45) is 0 Å². The number of rotatable bonds is 4. The molecule has 1 aromatic heterocycles. The summed E-state index contributed by atoms with van der Waals surface area (Å²) in [6, 6.07) is 9.61. The maximum atomic E-state index is 11.5. The van der Waals surface area contributed by atoms with Crippen molar-refractivity contribution < 1.29 is 12.8 Å². The second-order valence-electron chi connectivity index (χ2n) is 5.31. The molecule has 7 nitrogen and oxygen atoms in total. The summed E-state index contributed by atoms with van der Waals surface area (Å²) in [7, 11) is -3.10. The molecule has 1 aromatic carbocycles. The number of aromatic nitrogens is 2. The Balaban J connectivity index is 1.60. The van der Waals surface area contributed by atoms with E-state index in [0.29, 0.717) is 44.5 Å². The van der Waals surface area contributed by atoms with Crippen LogP contribution in [-0.2, 0) is 16.6 Å². The number of piperazine rings is 1. The van der Waals surface area contributed by atoms with Gasteiger partial charge in [0.2, 0.25) is 21.8 Å². The minimum atomic E-state index is -3.10. The largest absolute Gasteiger partial charge is 0.419 e. The van der Waals surface area contributed by atoms with E-state index >= 15 is 0 Å². The zero-order chi connectivity index (χ0) is 15.6. The highest BCUT2D eigenvalue weighted by molar-refractivity contribution is 7.88. The van der Waals surface area contributed by atoms with Crippen molar-refractivity contribution in [2.45, 2.75) is 6.54 Å². The molecule has 0 unspecified atom stereocenters. The quantitative estimate of drug-likeness (QED) is 0.829. The van der Waals surface area contributed by atoms with Crippen LogP contribution < -0.4 is 0 Å². The van der Waals surface area contributed by atoms with Gasteiger partial charge in [-0.25, -0.2) is 8.42 Å². The summed E-state index contributed by atoms with van der Waals surface area (Å²) in [6.45, 7) is 2.86. The molecule has 0 amide bonds. The standard InChI is InChI=1S/C14H18N4O3S/c1-22(19,20)18-9-7-17(8-10-18)11-13-15-16-14(21-13)12-5-3-2-4-6-12/h2-6H,7-11H2,1H3. The van der Waals surface area contributed by atoms with Gasteiger partial charge in [-0.1, -0.05) is 18.2 Å². The van der Waals surface area contributed by atoms with Gasteiger partial charge in [-0.15, -0.1) is 10.2 Å². The topological polar surface area (TPSA) is 79.5 Å². The van der Waals surface area contributed by atoms with Crippen LogP contribution in [0.25, 0.3) is 11.5 Å². The average molecular weight is 322 g/mol. The highest BCUT2D eigenvalue weighted by atomic mass is 32.2. The second kappa shape index (κ2) is 6.15. The van der Waals surface area contributed by atoms with E-state index in [1.54, 1.807) is 0 Å². The van der Waals surface area contributed by atoms with Crippen LogP contribution in [0.5, 0.6) is 0 Å². The van der Waals surface area contributed by atoms with Gasteiger partial charge in [0.25, 0.3) is 0 Å². The lowest BCUT2D eigenvalue weighted by Gasteiger charge is -2.32. The van der Waals surface area contributed by atoms with Crippen molar-refractivity contribution in [1.29, 1.82) is 0 Å². The van der Waals surface area contributed by atoms with Crippen molar-refractivity contribution in [3.63, 3.8) is 0 Å². The Morgan fingerprint density at radius 2 is 1.77 bits per heavy atom. The Kier molecular flexibility index (Phi) is 4.23. The SMILES string of the molecule is CS(=O)(=O)N1CCN(Cc2nnc(-c3ccccc3)o2)CC1. The van der Waals surface area contributed by atoms with Gasteiger partial charge in [-0.3, -0.25) is 4.90 Å². The summed E-state index contributed by atoms with van der Waals surface area (Å²) < 4.78 is 30.1. The Bertz CT molecular complexity index is 722. The van der Waals surface area contributed by atoms with E-state index in [1.807, 2.05) is 30.3 Å². The van der Waals surface area contributed by atoms with Crippen molar-refractivity contribution in [1.82, 2.24) is 19.4 Å². The zero-order valence-corrected chi connectivity index (χ0v) is 13.2. The molecule has 0 N–H and O–H groups in total. The highest BCUT2D eigenvalue weighted by Gasteiger charge is 2.24. The summed E-state index contributed by atoms with van der Waals surface area (Å²) in [5.41, 5.74) is 0.892. The molecule has 1 aliphatic heterocycles. The second-order valence-corrected chi connectivity index (χ2v) is 7.29. The Morgan fingerprint density at radius 3 is 2.41 bits per heavy atom. The van der Waals surface area contributed by atoms with E-state index in [4.69, 9.17) is 4.42 Å². The fourth-order valence-corrected chi connectivity index (χ4v) is 3.25. The average Bonchev–Trinajstić information content (AvgIpc) is 2.96. The third-order valence-electron chi connectivity index (χ3n) is 3.65. The van der Waals surface area contributed by atoms with Gasteiger partial charge in [-0.2, -0.15) is 4.31 Å². The molecule has 0 spiro atoms. The molecule has 1 aliphatic rings. The monoisotopic (exact) mass is 322 g/mol. The van der Waals surface area contributed by atoms with Crippen LogP contribution in [0.15, 0.2) is 34.7 Å². The van der Waals surface area contributed by atoms with Gasteiger partial charge in [0.15, 0.2) is 0 Å². The molecule has 22 heavy (non-hydrogen) atoms. The molecule has 0 aliphatic carbocycles. The number of nitrogens with zero attached hydrogens (tertiary/aromatic N) is 4. The molecular formula is C14H18N4O3S. The molecule has 8 heteroatoms. The zero-order valence-electron chi connectivity index (χ0n) is 12.3. The van der Waals surface area contributed by atoms with E-state index in [0.717, 1.165) is 5.56 Å². The van der Waals surface area contributed by atoms with Crippen LogP contribution in [0.1, 0.15) is 5.89 Å². The summed E-state index contributed by atoms with van der Waals surface area (Å²) in [6.07, 6.45) is 1.24. The molecule has 0 saturated carbocycles. The summed E-state index contributed by atoms with van der Waals surface area (Å²) in [4.78, 5) is 2.12. The first-order valence-corrected chi connectivity index (χ1v) is 8.92. The molecule has 0 atom stereocenters. The highest BCUT2D eigenvalue weighted by Crippen LogP contribution is 2.18. The lowest BCUT2D eigenvalue weighted by Crippen LogP contribution is -2.47. The van der Waals surface area contributed by atoms with Crippen molar-refractivity contribution in [3.8, 4) is 11.5 Å². The van der Waals surface area contributed by atoms with Crippen LogP contribution in [0, 0.1) is 0 Å². The molecule has 0 bridgehead atoms. The van der Waals surface area contributed by atoms with Gasteiger partial charge in [0.1, 0.15) is 0 Å². The molecule has 3 rings (SSSR count). The maximum Gasteiger partial charge on any atom is 0.247 e. The van der Waals surface area contributed by atoms with Crippen LogP contribution in [0.3, 0.4) is 0 Å². The molecule has 2 aromatic rings. The first-order chi connectivity index (χ1) is 10.5. The lowest BCUT2D eigenvalue weighted by atomic mass is 10.2. The van der Waals surface area contributed by atoms with Gasteiger partial charge < -0.3 is 4.42 Å². The summed E-state index contributed by atoms with van der Waals surface area (Å²) >= 11 is 0. The predicted octanol–water partition coefficient (Wildman–Crippen LogP) is 0.814. The van der Waals surface area contributed by atoms with E-state index in [1.165, 1.54) is 10.6 Å². The van der Waals surface area contributed by atoms with Crippen molar-refractivity contribution >= 4 is 10.0 Å². The Hall–Kier alpha value is -1.77. The van der Waals surface area contributed by atoms with E-state index in [-0.39, 0.29) is 0 Å². The molecular weight excluding hydrogens is 304 g/mol. The third-order valence-corrected chi connectivity index (χ3v) is 4.95. The minimum absolute atomic E-state index is 0.499. The predicted molar refractivity (Wildman–Crippen MR) is 81.4 cm³/mol. The molecule has 118 valence electrons. The first kappa shape index (κ1) is 15.1. The molecule has 1 fully saturated rings. The molecule has 0 radical (unpaired) electrons. The van der Waals surface area contributed by atoms with Crippen LogP contribution in [-0.4, -0.2) is 60.3 Å². The Morgan fingerprint density at radius 1 is 1.09 bits per heavy atom. The van der Waals surface area contributed by atoms with Crippen LogP contribution in [0.2, 0.25) is 0 Å². The smallest absolute Gasteiger partial charge is 0.247 e. The Labute approximate surface area is 129 Å². The molecule has 1 saturated heterocycles. The van der Waals surface area contributed by atoms with Gasteiger partial charge >= 0.3 is 0 Å². The van der Waals surface area contributed by atoms with Gasteiger partial charge in [-0.05, 0) is 12.1 Å². The van der Waals surface area contributed by atoms with E-state index < -0.39 is 10.0 Å². The van der Waals surface area contributed by atoms with Gasteiger partial charge in [0.05, 0.1) is 12.8 Å². The normalized spacial score (nSPS) is 17.7. The fourth-order valence-electron chi connectivity index (χ4n) is 2.43. The number of hydrogen-bond donors (Lipinski definition) is 0. The number of sulfonamides is 1. The molecule has 2 heterocycles. The first-order valence-electron chi connectivity index (χ1n) is 7.07. The maximum absolute atomic E-state index is 11.5. The summed E-state index contributed by atoms with van der Waals surface area (Å²) in [5.74, 6) is 1.05. The summed E-state index contributed by atoms with van der Waals surface area (Å²) in [5, 5.41) is 8.12. The van der Waals surface area contributed by atoms with Crippen molar-refractivity contribution in [2.75, 3.05) is 32.4 Å². The van der Waals surface area contributed by atoms with E-state index in [2.05, 4.69) is 15.1 Å². The number of benzene rings is 1. The van der Waals surface area contributed by atoms with E-state index in [9.17, 15) is 8.42 Å². The lowest BCUT2D eigenvalue weighted by molar-refractivity contribution is 0.169. The fraction of sp³-hybridized carbons (Fsp3) is 0.429. The van der Waals surface area contributed by atoms with Gasteiger partial charge in [0, 0.05) is 31.7 Å². The van der Waals surface area contributed by atoms with Crippen molar-refractivity contribution in [3.05, 3.63) is 36.2 Å². The number of hydrogen-bond acceptors (Lipinski definition) is 6. The van der Waals surface area contributed by atoms with Crippen LogP contribution in [0.4, 0.5) is 0 Å². The van der Waals surface area contributed by atoms with Crippen LogP contribution >= 0.6 is 0 Å². The minimum Gasteiger partial charge on any atom is -0.419 e.